The summed E-state index contributed by atoms with van der Waals surface area (Å²) in [5.74, 6) is 0.343. The number of methoxy groups -OCH3 is 1. The van der Waals surface area contributed by atoms with Gasteiger partial charge in [-0.25, -0.2) is 4.79 Å². The Labute approximate surface area is 250 Å². The molecule has 0 unspecified atom stereocenters. The summed E-state index contributed by atoms with van der Waals surface area (Å²) in [6.45, 7) is 4.31. The molecule has 7 nitrogen and oxygen atoms in total. The van der Waals surface area contributed by atoms with Gasteiger partial charge in [0, 0.05) is 36.9 Å². The second kappa shape index (κ2) is 11.5. The number of thiocarbonyl (C=S) groups is 1. The number of hydrogen-bond acceptors (Lipinski definition) is 5. The van der Waals surface area contributed by atoms with Gasteiger partial charge in [-0.2, -0.15) is 0 Å². The first-order valence-corrected chi connectivity index (χ1v) is 14.6. The van der Waals surface area contributed by atoms with E-state index in [1.54, 1.807) is 12.3 Å². The summed E-state index contributed by atoms with van der Waals surface area (Å²) >= 11 is 12.9. The van der Waals surface area contributed by atoms with Crippen LogP contribution in [0.15, 0.2) is 85.2 Å². The van der Waals surface area contributed by atoms with E-state index < -0.39 is 5.97 Å². The van der Waals surface area contributed by atoms with Gasteiger partial charge >= 0.3 is 5.97 Å². The van der Waals surface area contributed by atoms with E-state index in [1.165, 1.54) is 7.11 Å². The summed E-state index contributed by atoms with van der Waals surface area (Å²) in [4.78, 5) is 21.9. The van der Waals surface area contributed by atoms with Crippen LogP contribution in [0.5, 0.6) is 0 Å². The fraction of sp³-hybridized carbons (Fsp3) is 0.281. The van der Waals surface area contributed by atoms with Gasteiger partial charge in [-0.15, -0.1) is 0 Å². The zero-order chi connectivity index (χ0) is 28.5. The summed E-state index contributed by atoms with van der Waals surface area (Å²) in [6, 6.07) is 23.0. The first-order chi connectivity index (χ1) is 20.0. The molecule has 2 aliphatic heterocycles. The van der Waals surface area contributed by atoms with Crippen molar-refractivity contribution in [3.8, 4) is 5.69 Å². The number of carbonyl (C=O) groups excluding carboxylic acids is 1. The number of benzene rings is 2. The number of halogens is 1. The van der Waals surface area contributed by atoms with Crippen LogP contribution in [0.4, 0.5) is 11.4 Å². The Hall–Kier alpha value is -3.88. The maximum atomic E-state index is 12.7. The molecule has 0 spiro atoms. The highest BCUT2D eigenvalue weighted by Crippen LogP contribution is 2.44. The molecule has 4 aromatic rings. The molecule has 4 heterocycles. The molecule has 2 atom stereocenters. The summed E-state index contributed by atoms with van der Waals surface area (Å²) in [5.41, 5.74) is 4.94. The van der Waals surface area contributed by atoms with Gasteiger partial charge in [0.1, 0.15) is 6.04 Å². The van der Waals surface area contributed by atoms with E-state index in [-0.39, 0.29) is 12.1 Å². The first kappa shape index (κ1) is 27.3. The molecule has 9 heteroatoms. The molecule has 0 saturated carbocycles. The zero-order valence-corrected chi connectivity index (χ0v) is 24.6. The number of pyridine rings is 1. The number of ether oxygens (including phenoxy) is 1. The maximum Gasteiger partial charge on any atom is 0.339 e. The third-order valence-electron chi connectivity index (χ3n) is 8.08. The van der Waals surface area contributed by atoms with Gasteiger partial charge in [0.05, 0.1) is 40.8 Å². The van der Waals surface area contributed by atoms with Gasteiger partial charge in [-0.05, 0) is 85.6 Å². The second-order valence-corrected chi connectivity index (χ2v) is 11.4. The number of anilines is 2. The molecule has 2 saturated heterocycles. The molecular weight excluding hydrogens is 554 g/mol. The lowest BCUT2D eigenvalue weighted by molar-refractivity contribution is 0.0600. The Morgan fingerprint density at radius 3 is 2.54 bits per heavy atom. The fourth-order valence-electron chi connectivity index (χ4n) is 5.91. The topological polar surface area (TPSA) is 62.6 Å². The largest absolute Gasteiger partial charge is 0.465 e. The number of esters is 1. The Morgan fingerprint density at radius 2 is 1.80 bits per heavy atom. The van der Waals surface area contributed by atoms with Crippen molar-refractivity contribution in [2.45, 2.75) is 31.8 Å². The first-order valence-electron chi connectivity index (χ1n) is 13.9. The van der Waals surface area contributed by atoms with Crippen molar-refractivity contribution in [1.82, 2.24) is 14.9 Å². The van der Waals surface area contributed by atoms with Crippen molar-refractivity contribution >= 4 is 46.3 Å². The van der Waals surface area contributed by atoms with Gasteiger partial charge in [-0.3, -0.25) is 4.98 Å². The highest BCUT2D eigenvalue weighted by molar-refractivity contribution is 7.80. The van der Waals surface area contributed by atoms with Gasteiger partial charge in [0.25, 0.3) is 0 Å². The van der Waals surface area contributed by atoms with E-state index in [2.05, 4.69) is 45.2 Å². The minimum Gasteiger partial charge on any atom is -0.465 e. The normalized spacial score (nSPS) is 19.3. The summed E-state index contributed by atoms with van der Waals surface area (Å²) in [7, 11) is 1.39. The minimum atomic E-state index is -0.395. The zero-order valence-electron chi connectivity index (χ0n) is 23.0. The highest BCUT2D eigenvalue weighted by Gasteiger charge is 2.42. The van der Waals surface area contributed by atoms with Crippen molar-refractivity contribution in [2.24, 2.45) is 5.92 Å². The van der Waals surface area contributed by atoms with Gasteiger partial charge < -0.3 is 24.4 Å². The summed E-state index contributed by atoms with van der Waals surface area (Å²) in [5, 5.41) is 4.80. The Kier molecular flexibility index (Phi) is 7.69. The molecule has 41 heavy (non-hydrogen) atoms. The van der Waals surface area contributed by atoms with E-state index >= 15 is 0 Å². The number of aromatic nitrogens is 2. The molecule has 0 radical (unpaired) electrons. The SMILES string of the molecule is COC(=O)c1ccccc1-n1cccc1[C@H]1[C@@H](c2ccccn2)NC(=S)N1c1ccc(N2CCC(C)CC2)c(Cl)c1. The van der Waals surface area contributed by atoms with Crippen LogP contribution >= 0.6 is 23.8 Å². The van der Waals surface area contributed by atoms with E-state index in [1.807, 2.05) is 59.3 Å². The van der Waals surface area contributed by atoms with Gasteiger partial charge in [0.2, 0.25) is 0 Å². The van der Waals surface area contributed by atoms with Crippen LogP contribution in [0.2, 0.25) is 5.02 Å². The lowest BCUT2D eigenvalue weighted by Crippen LogP contribution is -2.33. The van der Waals surface area contributed by atoms with Crippen molar-refractivity contribution in [3.05, 3.63) is 107 Å². The van der Waals surface area contributed by atoms with Crippen molar-refractivity contribution in [1.29, 1.82) is 0 Å². The number of carbonyl (C=O) groups is 1. The molecule has 1 N–H and O–H groups in total. The highest BCUT2D eigenvalue weighted by atomic mass is 35.5. The Balaban J connectivity index is 1.45. The number of nitrogens with zero attached hydrogens (tertiary/aromatic N) is 4. The van der Waals surface area contributed by atoms with Crippen molar-refractivity contribution in [3.63, 3.8) is 0 Å². The summed E-state index contributed by atoms with van der Waals surface area (Å²) < 4.78 is 7.12. The van der Waals surface area contributed by atoms with Crippen LogP contribution in [0.25, 0.3) is 5.69 Å². The van der Waals surface area contributed by atoms with E-state index in [0.717, 1.165) is 60.3 Å². The molecular formula is C32H32ClN5O2S. The molecule has 2 aromatic heterocycles. The Bertz CT molecular complexity index is 1570. The third kappa shape index (κ3) is 5.18. The number of hydrogen-bond donors (Lipinski definition) is 1. The predicted octanol–water partition coefficient (Wildman–Crippen LogP) is 6.73. The number of rotatable bonds is 6. The molecule has 2 fully saturated rings. The van der Waals surface area contributed by atoms with Crippen LogP contribution in [-0.4, -0.2) is 40.8 Å². The molecule has 0 bridgehead atoms. The van der Waals surface area contributed by atoms with Crippen LogP contribution < -0.4 is 15.1 Å². The number of piperidine rings is 1. The molecule has 0 aliphatic carbocycles. The lowest BCUT2D eigenvalue weighted by atomic mass is 9.98. The standard InChI is InChI=1S/C32H32ClN5O2S/c1-21-14-18-36(19-15-21)27-13-12-22(20-24(27)33)38-30(29(35-32(38)41)25-9-5-6-16-34-25)28-11-7-17-37(28)26-10-4-3-8-23(26)31(39)40-2/h3-13,16-17,20-21,29-30H,14-15,18-19H2,1-2H3,(H,35,41)/t29-,30+/m1/s1. The molecule has 2 aromatic carbocycles. The number of nitrogens with one attached hydrogen (secondary N) is 1. The van der Waals surface area contributed by atoms with E-state index in [0.29, 0.717) is 15.7 Å². The average Bonchev–Trinajstić information content (AvgIpc) is 3.62. The molecule has 210 valence electrons. The van der Waals surface area contributed by atoms with Gasteiger partial charge in [-0.1, -0.05) is 36.7 Å². The average molecular weight is 586 g/mol. The fourth-order valence-corrected chi connectivity index (χ4v) is 6.55. The molecule has 0 amide bonds. The lowest BCUT2D eigenvalue weighted by Gasteiger charge is -2.33. The van der Waals surface area contributed by atoms with Crippen LogP contribution in [-0.2, 0) is 4.74 Å². The minimum absolute atomic E-state index is 0.246. The van der Waals surface area contributed by atoms with Crippen LogP contribution in [0.3, 0.4) is 0 Å². The number of para-hydroxylation sites is 1. The van der Waals surface area contributed by atoms with Crippen molar-refractivity contribution in [2.75, 3.05) is 30.0 Å². The third-order valence-corrected chi connectivity index (χ3v) is 8.70. The molecule has 2 aliphatic rings. The summed E-state index contributed by atoms with van der Waals surface area (Å²) in [6.07, 6.45) is 6.07. The van der Waals surface area contributed by atoms with E-state index in [4.69, 9.17) is 28.6 Å². The quantitative estimate of drug-likeness (QED) is 0.199. The molecule has 6 rings (SSSR count). The predicted molar refractivity (Wildman–Crippen MR) is 167 cm³/mol. The maximum absolute atomic E-state index is 12.7. The van der Waals surface area contributed by atoms with Crippen LogP contribution in [0.1, 0.15) is 53.6 Å². The monoisotopic (exact) mass is 585 g/mol. The van der Waals surface area contributed by atoms with Crippen LogP contribution in [0, 0.1) is 5.92 Å². The second-order valence-electron chi connectivity index (χ2n) is 10.6. The Morgan fingerprint density at radius 1 is 1.02 bits per heavy atom. The van der Waals surface area contributed by atoms with E-state index in [9.17, 15) is 4.79 Å². The smallest absolute Gasteiger partial charge is 0.339 e. The van der Waals surface area contributed by atoms with Gasteiger partial charge in [0.15, 0.2) is 5.11 Å². The van der Waals surface area contributed by atoms with Crippen molar-refractivity contribution < 1.29 is 9.53 Å².